The van der Waals surface area contributed by atoms with Gasteiger partial charge in [0.2, 0.25) is 5.82 Å². The zero-order chi connectivity index (χ0) is 23.4. The van der Waals surface area contributed by atoms with Gasteiger partial charge < -0.3 is 15.0 Å². The number of urea groups is 1. The van der Waals surface area contributed by atoms with Gasteiger partial charge in [-0.1, -0.05) is 27.2 Å². The average molecular weight is 456 g/mol. The maximum absolute atomic E-state index is 12.9. The van der Waals surface area contributed by atoms with Crippen molar-refractivity contribution in [2.75, 3.05) is 18.4 Å². The van der Waals surface area contributed by atoms with Crippen LogP contribution in [0.2, 0.25) is 0 Å². The Bertz CT molecular complexity index is 957. The van der Waals surface area contributed by atoms with Gasteiger partial charge in [0.25, 0.3) is 0 Å². The summed E-state index contributed by atoms with van der Waals surface area (Å²) in [6.45, 7) is 8.17. The minimum Gasteiger partial charge on any atom is -0.458 e. The number of nitrogens with one attached hydrogen (secondary N) is 2. The molecule has 1 aliphatic carbocycles. The number of piperidine rings is 1. The third kappa shape index (κ3) is 5.66. The number of tetrazole rings is 1. The highest BCUT2D eigenvalue weighted by Gasteiger charge is 2.31. The number of H-pyrrole nitrogens is 1. The maximum Gasteiger partial charge on any atom is 0.357 e. The van der Waals surface area contributed by atoms with Crippen LogP contribution in [0.1, 0.15) is 76.2 Å². The van der Waals surface area contributed by atoms with Crippen molar-refractivity contribution in [2.24, 2.45) is 11.3 Å². The van der Waals surface area contributed by atoms with Crippen molar-refractivity contribution in [3.05, 3.63) is 18.0 Å². The monoisotopic (exact) mass is 455 g/mol. The Morgan fingerprint density at radius 3 is 2.48 bits per heavy atom. The molecular formula is C23H33N7O3. The molecule has 10 nitrogen and oxygen atoms in total. The summed E-state index contributed by atoms with van der Waals surface area (Å²) in [5.74, 6) is 0.312. The molecule has 10 heteroatoms. The van der Waals surface area contributed by atoms with Crippen LogP contribution in [0.25, 0.3) is 11.4 Å². The largest absolute Gasteiger partial charge is 0.458 e. The van der Waals surface area contributed by atoms with E-state index < -0.39 is 5.97 Å². The topological polar surface area (TPSA) is 126 Å². The first-order valence-electron chi connectivity index (χ1n) is 11.8. The fourth-order valence-electron chi connectivity index (χ4n) is 4.68. The molecule has 33 heavy (non-hydrogen) atoms. The van der Waals surface area contributed by atoms with E-state index in [-0.39, 0.29) is 29.1 Å². The molecular weight excluding hydrogens is 422 g/mol. The molecule has 2 N–H and O–H groups in total. The first kappa shape index (κ1) is 23.1. The zero-order valence-electron chi connectivity index (χ0n) is 19.6. The number of carbonyl (C=O) groups excluding carboxylic acids is 2. The molecule has 0 bridgehead atoms. The molecule has 0 radical (unpaired) electrons. The molecule has 3 heterocycles. The first-order chi connectivity index (χ1) is 15.8. The van der Waals surface area contributed by atoms with Crippen LogP contribution >= 0.6 is 0 Å². The van der Waals surface area contributed by atoms with Crippen LogP contribution in [0, 0.1) is 11.3 Å². The van der Waals surface area contributed by atoms with Gasteiger partial charge in [-0.05, 0) is 61.1 Å². The number of nitrogens with zero attached hydrogens (tertiary/aromatic N) is 5. The lowest BCUT2D eigenvalue weighted by Crippen LogP contribution is -2.43. The SMILES string of the molecule is CC(C)(C)C1CCN(C(=O)Nc2cnc(C(=O)OC3CCCCC3)c(-c3nn[nH]n3)c2)CC1. The Morgan fingerprint density at radius 1 is 1.12 bits per heavy atom. The summed E-state index contributed by atoms with van der Waals surface area (Å²) in [5.41, 5.74) is 1.19. The molecule has 0 atom stereocenters. The van der Waals surface area contributed by atoms with Gasteiger partial charge in [-0.15, -0.1) is 10.2 Å². The van der Waals surface area contributed by atoms with Crippen LogP contribution in [0.4, 0.5) is 10.5 Å². The van der Waals surface area contributed by atoms with Gasteiger partial charge in [0.1, 0.15) is 6.10 Å². The number of esters is 1. The Labute approximate surface area is 193 Å². The number of likely N-dealkylation sites (tertiary alicyclic amines) is 1. The van der Waals surface area contributed by atoms with Crippen LogP contribution in [-0.4, -0.2) is 61.7 Å². The van der Waals surface area contributed by atoms with Crippen molar-refractivity contribution in [1.29, 1.82) is 0 Å². The molecule has 0 aromatic carbocycles. The average Bonchev–Trinajstić information content (AvgIpc) is 3.34. The number of anilines is 1. The van der Waals surface area contributed by atoms with Crippen LogP contribution in [0.3, 0.4) is 0 Å². The number of pyridine rings is 1. The summed E-state index contributed by atoms with van der Waals surface area (Å²) >= 11 is 0. The molecule has 178 valence electrons. The Hall–Kier alpha value is -3.04. The van der Waals surface area contributed by atoms with Crippen LogP contribution in [0.15, 0.2) is 12.3 Å². The van der Waals surface area contributed by atoms with Gasteiger partial charge >= 0.3 is 12.0 Å². The third-order valence-corrected chi connectivity index (χ3v) is 6.75. The lowest BCUT2D eigenvalue weighted by Gasteiger charge is -2.38. The molecule has 1 aliphatic heterocycles. The fraction of sp³-hybridized carbons (Fsp3) is 0.652. The van der Waals surface area contributed by atoms with Gasteiger partial charge in [0.15, 0.2) is 5.69 Å². The zero-order valence-corrected chi connectivity index (χ0v) is 19.6. The van der Waals surface area contributed by atoms with Gasteiger partial charge in [0.05, 0.1) is 17.4 Å². The predicted molar refractivity (Wildman–Crippen MR) is 122 cm³/mol. The predicted octanol–water partition coefficient (Wildman–Crippen LogP) is 4.04. The van der Waals surface area contributed by atoms with Gasteiger partial charge in [-0.25, -0.2) is 14.6 Å². The second-order valence-electron chi connectivity index (χ2n) is 10.1. The Morgan fingerprint density at radius 2 is 1.85 bits per heavy atom. The van der Waals surface area contributed by atoms with Crippen molar-refractivity contribution >= 4 is 17.7 Å². The van der Waals surface area contributed by atoms with Crippen molar-refractivity contribution in [3.8, 4) is 11.4 Å². The molecule has 2 fully saturated rings. The summed E-state index contributed by atoms with van der Waals surface area (Å²) in [6.07, 6.45) is 8.35. The number of ether oxygens (including phenoxy) is 1. The van der Waals surface area contributed by atoms with Gasteiger partial charge in [-0.2, -0.15) is 5.21 Å². The second kappa shape index (κ2) is 9.84. The molecule has 1 saturated carbocycles. The van der Waals surface area contributed by atoms with E-state index >= 15 is 0 Å². The van der Waals surface area contributed by atoms with E-state index in [1.807, 2.05) is 4.90 Å². The molecule has 2 aliphatic rings. The first-order valence-corrected chi connectivity index (χ1v) is 11.8. The minimum absolute atomic E-state index is 0.0958. The number of hydrogen-bond acceptors (Lipinski definition) is 7. The maximum atomic E-state index is 12.9. The highest BCUT2D eigenvalue weighted by molar-refractivity contribution is 5.96. The number of rotatable bonds is 4. The van der Waals surface area contributed by atoms with Gasteiger partial charge in [-0.3, -0.25) is 0 Å². The van der Waals surface area contributed by atoms with Crippen molar-refractivity contribution < 1.29 is 14.3 Å². The van der Waals surface area contributed by atoms with E-state index in [9.17, 15) is 9.59 Å². The van der Waals surface area contributed by atoms with Gasteiger partial charge in [0, 0.05) is 13.1 Å². The molecule has 2 amide bonds. The van der Waals surface area contributed by atoms with Crippen molar-refractivity contribution in [2.45, 2.75) is 71.8 Å². The summed E-state index contributed by atoms with van der Waals surface area (Å²) in [7, 11) is 0. The summed E-state index contributed by atoms with van der Waals surface area (Å²) < 4.78 is 5.69. The molecule has 0 unspecified atom stereocenters. The molecule has 2 aromatic heterocycles. The lowest BCUT2D eigenvalue weighted by molar-refractivity contribution is 0.0205. The second-order valence-corrected chi connectivity index (χ2v) is 10.1. The smallest absolute Gasteiger partial charge is 0.357 e. The fourth-order valence-corrected chi connectivity index (χ4v) is 4.68. The summed E-state index contributed by atoms with van der Waals surface area (Å²) in [4.78, 5) is 31.8. The van der Waals surface area contributed by atoms with Crippen LogP contribution in [-0.2, 0) is 4.74 Å². The van der Waals surface area contributed by atoms with E-state index in [2.05, 4.69) is 51.7 Å². The minimum atomic E-state index is -0.510. The summed E-state index contributed by atoms with van der Waals surface area (Å²) in [5, 5.41) is 16.9. The van der Waals surface area contributed by atoms with Crippen LogP contribution < -0.4 is 5.32 Å². The number of aromatic amines is 1. The molecule has 4 rings (SSSR count). The van der Waals surface area contributed by atoms with E-state index in [4.69, 9.17) is 4.74 Å². The van der Waals surface area contributed by atoms with Crippen LogP contribution in [0.5, 0.6) is 0 Å². The Balaban J connectivity index is 1.46. The Kier molecular flexibility index (Phi) is 6.90. The number of aromatic nitrogens is 5. The van der Waals surface area contributed by atoms with E-state index in [0.29, 0.717) is 30.3 Å². The molecule has 2 aromatic rings. The number of amides is 2. The highest BCUT2D eigenvalue weighted by atomic mass is 16.5. The quantitative estimate of drug-likeness (QED) is 0.666. The molecule has 0 spiro atoms. The van der Waals surface area contributed by atoms with Crippen molar-refractivity contribution in [1.82, 2.24) is 30.5 Å². The molecule has 1 saturated heterocycles. The third-order valence-electron chi connectivity index (χ3n) is 6.75. The normalized spacial score (nSPS) is 18.2. The van der Waals surface area contributed by atoms with E-state index in [0.717, 1.165) is 38.5 Å². The van der Waals surface area contributed by atoms with E-state index in [1.54, 1.807) is 6.07 Å². The highest BCUT2D eigenvalue weighted by Crippen LogP contribution is 2.34. The number of hydrogen-bond donors (Lipinski definition) is 2. The standard InChI is InChI=1S/C23H33N7O3/c1-23(2,3)15-9-11-30(12-10-15)22(32)25-16-13-18(20-26-28-29-27-20)19(24-14-16)21(31)33-17-7-5-4-6-8-17/h13-15,17H,4-12H2,1-3H3,(H,25,32)(H,26,27,28,29). The van der Waals surface area contributed by atoms with Crippen molar-refractivity contribution in [3.63, 3.8) is 0 Å². The number of carbonyl (C=O) groups is 2. The lowest BCUT2D eigenvalue weighted by atomic mass is 9.75. The summed E-state index contributed by atoms with van der Waals surface area (Å²) in [6, 6.07) is 1.47. The van der Waals surface area contributed by atoms with E-state index in [1.165, 1.54) is 12.6 Å².